The maximum absolute atomic E-state index is 11.3. The second kappa shape index (κ2) is 5.70. The molecule has 1 aromatic carbocycles. The predicted octanol–water partition coefficient (Wildman–Crippen LogP) is 4.32. The molecule has 0 aliphatic rings. The molecule has 1 heterocycles. The van der Waals surface area contributed by atoms with Crippen molar-refractivity contribution in [1.82, 2.24) is 4.57 Å². The Morgan fingerprint density at radius 2 is 1.95 bits per heavy atom. The average Bonchev–Trinajstić information content (AvgIpc) is 2.68. The van der Waals surface area contributed by atoms with Gasteiger partial charge in [0.05, 0.1) is 11.1 Å². The molecule has 0 radical (unpaired) electrons. The summed E-state index contributed by atoms with van der Waals surface area (Å²) in [6.07, 6.45) is 3.24. The van der Waals surface area contributed by atoms with Gasteiger partial charge in [0.1, 0.15) is 0 Å². The molecule has 1 aromatic heterocycles. The van der Waals surface area contributed by atoms with Crippen LogP contribution in [0, 0.1) is 13.8 Å². The summed E-state index contributed by atoms with van der Waals surface area (Å²) in [6.45, 7) is 9.49. The van der Waals surface area contributed by atoms with E-state index in [1.54, 1.807) is 6.07 Å². The van der Waals surface area contributed by atoms with Gasteiger partial charge in [0.2, 0.25) is 0 Å². The SMILES string of the molecule is CCCCn1c(C)c(CC)c2cc(C(=O)O)cc(C)c21. The molecule has 0 amide bonds. The van der Waals surface area contributed by atoms with Gasteiger partial charge < -0.3 is 9.67 Å². The second-order valence-electron chi connectivity index (χ2n) is 5.42. The van der Waals surface area contributed by atoms with E-state index in [9.17, 15) is 9.90 Å². The molecule has 0 bridgehead atoms. The van der Waals surface area contributed by atoms with Crippen LogP contribution < -0.4 is 0 Å². The van der Waals surface area contributed by atoms with Gasteiger partial charge in [-0.3, -0.25) is 0 Å². The van der Waals surface area contributed by atoms with E-state index in [-0.39, 0.29) is 0 Å². The quantitative estimate of drug-likeness (QED) is 0.881. The van der Waals surface area contributed by atoms with Crippen molar-refractivity contribution in [3.05, 3.63) is 34.5 Å². The van der Waals surface area contributed by atoms with Gasteiger partial charge in [-0.2, -0.15) is 0 Å². The second-order valence-corrected chi connectivity index (χ2v) is 5.42. The Labute approximate surface area is 120 Å². The lowest BCUT2D eigenvalue weighted by molar-refractivity contribution is 0.0697. The number of aromatic carboxylic acids is 1. The van der Waals surface area contributed by atoms with Gasteiger partial charge in [-0.05, 0) is 49.9 Å². The fourth-order valence-electron chi connectivity index (χ4n) is 3.06. The number of unbranched alkanes of at least 4 members (excludes halogenated alkanes) is 1. The molecule has 3 heteroatoms. The third kappa shape index (κ3) is 2.33. The Morgan fingerprint density at radius 3 is 2.50 bits per heavy atom. The summed E-state index contributed by atoms with van der Waals surface area (Å²) in [7, 11) is 0. The first kappa shape index (κ1) is 14.6. The molecule has 2 aromatic rings. The number of nitrogens with zero attached hydrogens (tertiary/aromatic N) is 1. The van der Waals surface area contributed by atoms with Crippen LogP contribution >= 0.6 is 0 Å². The topological polar surface area (TPSA) is 42.2 Å². The largest absolute Gasteiger partial charge is 0.478 e. The maximum atomic E-state index is 11.3. The summed E-state index contributed by atoms with van der Waals surface area (Å²) in [6, 6.07) is 3.62. The zero-order chi connectivity index (χ0) is 14.9. The van der Waals surface area contributed by atoms with E-state index in [0.29, 0.717) is 5.56 Å². The molecule has 0 saturated carbocycles. The number of hydrogen-bond acceptors (Lipinski definition) is 1. The molecule has 0 saturated heterocycles. The van der Waals surface area contributed by atoms with Gasteiger partial charge >= 0.3 is 5.97 Å². The normalized spacial score (nSPS) is 11.2. The van der Waals surface area contributed by atoms with Crippen LogP contribution in [0.3, 0.4) is 0 Å². The van der Waals surface area contributed by atoms with Crippen molar-refractivity contribution in [1.29, 1.82) is 0 Å². The Balaban J connectivity index is 2.75. The van der Waals surface area contributed by atoms with Crippen LogP contribution in [0.5, 0.6) is 0 Å². The van der Waals surface area contributed by atoms with Gasteiger partial charge in [0.25, 0.3) is 0 Å². The molecule has 20 heavy (non-hydrogen) atoms. The van der Waals surface area contributed by atoms with Gasteiger partial charge in [0, 0.05) is 17.6 Å². The van der Waals surface area contributed by atoms with E-state index >= 15 is 0 Å². The number of carboxylic acids is 1. The third-order valence-electron chi connectivity index (χ3n) is 4.07. The monoisotopic (exact) mass is 273 g/mol. The van der Waals surface area contributed by atoms with E-state index in [0.717, 1.165) is 36.8 Å². The number of aromatic nitrogens is 1. The highest BCUT2D eigenvalue weighted by Gasteiger charge is 2.17. The lowest BCUT2D eigenvalue weighted by Crippen LogP contribution is -2.02. The standard InChI is InChI=1S/C17H23NO2/c1-5-7-8-18-12(4)14(6-2)15-10-13(17(19)20)9-11(3)16(15)18/h9-10H,5-8H2,1-4H3,(H,19,20). The van der Waals surface area contributed by atoms with E-state index in [4.69, 9.17) is 0 Å². The molecule has 0 spiro atoms. The van der Waals surface area contributed by atoms with Crippen LogP contribution in [-0.2, 0) is 13.0 Å². The van der Waals surface area contributed by atoms with Crippen molar-refractivity contribution in [2.75, 3.05) is 0 Å². The van der Waals surface area contributed by atoms with Crippen LogP contribution in [0.4, 0.5) is 0 Å². The molecular formula is C17H23NO2. The number of fused-ring (bicyclic) bond motifs is 1. The molecule has 0 aliphatic heterocycles. The predicted molar refractivity (Wildman–Crippen MR) is 82.7 cm³/mol. The summed E-state index contributed by atoms with van der Waals surface area (Å²) in [5.41, 5.74) is 5.21. The summed E-state index contributed by atoms with van der Waals surface area (Å²) in [4.78, 5) is 11.3. The fraction of sp³-hybridized carbons (Fsp3) is 0.471. The minimum atomic E-state index is -0.851. The zero-order valence-electron chi connectivity index (χ0n) is 12.8. The van der Waals surface area contributed by atoms with Crippen molar-refractivity contribution in [2.24, 2.45) is 0 Å². The smallest absolute Gasteiger partial charge is 0.335 e. The van der Waals surface area contributed by atoms with E-state index in [1.807, 2.05) is 13.0 Å². The van der Waals surface area contributed by atoms with Crippen LogP contribution in [-0.4, -0.2) is 15.6 Å². The molecule has 1 N–H and O–H groups in total. The number of carboxylic acid groups (broad SMARTS) is 1. The third-order valence-corrected chi connectivity index (χ3v) is 4.07. The summed E-state index contributed by atoms with van der Waals surface area (Å²) in [5.74, 6) is -0.851. The fourth-order valence-corrected chi connectivity index (χ4v) is 3.06. The molecule has 108 valence electrons. The molecular weight excluding hydrogens is 250 g/mol. The minimum Gasteiger partial charge on any atom is -0.478 e. The van der Waals surface area contributed by atoms with Crippen molar-refractivity contribution >= 4 is 16.9 Å². The molecule has 2 rings (SSSR count). The summed E-state index contributed by atoms with van der Waals surface area (Å²) >= 11 is 0. The van der Waals surface area contributed by atoms with Crippen LogP contribution in [0.15, 0.2) is 12.1 Å². The van der Waals surface area contributed by atoms with Crippen molar-refractivity contribution < 1.29 is 9.90 Å². The summed E-state index contributed by atoms with van der Waals surface area (Å²) < 4.78 is 2.36. The first-order chi connectivity index (χ1) is 9.51. The minimum absolute atomic E-state index is 0.386. The Hall–Kier alpha value is -1.77. The molecule has 0 atom stereocenters. The summed E-state index contributed by atoms with van der Waals surface area (Å²) in [5, 5.41) is 10.4. The van der Waals surface area contributed by atoms with Gasteiger partial charge in [0.15, 0.2) is 0 Å². The number of hydrogen-bond donors (Lipinski definition) is 1. The van der Waals surface area contributed by atoms with Crippen molar-refractivity contribution in [3.63, 3.8) is 0 Å². The van der Waals surface area contributed by atoms with Crippen molar-refractivity contribution in [3.8, 4) is 0 Å². The molecule has 3 nitrogen and oxygen atoms in total. The van der Waals surface area contributed by atoms with Gasteiger partial charge in [-0.15, -0.1) is 0 Å². The van der Waals surface area contributed by atoms with Crippen LogP contribution in [0.25, 0.3) is 10.9 Å². The molecule has 0 aliphatic carbocycles. The van der Waals surface area contributed by atoms with E-state index in [1.165, 1.54) is 16.8 Å². The maximum Gasteiger partial charge on any atom is 0.335 e. The van der Waals surface area contributed by atoms with Crippen molar-refractivity contribution in [2.45, 2.75) is 53.5 Å². The number of carbonyl (C=O) groups is 1. The molecule has 0 fully saturated rings. The Morgan fingerprint density at radius 1 is 1.25 bits per heavy atom. The highest BCUT2D eigenvalue weighted by molar-refractivity contribution is 5.97. The molecule has 0 unspecified atom stereocenters. The highest BCUT2D eigenvalue weighted by atomic mass is 16.4. The van der Waals surface area contributed by atoms with E-state index in [2.05, 4.69) is 25.3 Å². The zero-order valence-corrected chi connectivity index (χ0v) is 12.8. The average molecular weight is 273 g/mol. The number of rotatable bonds is 5. The number of aryl methyl sites for hydroxylation is 3. The van der Waals surface area contributed by atoms with E-state index < -0.39 is 5.97 Å². The van der Waals surface area contributed by atoms with Crippen LogP contribution in [0.1, 0.15) is 53.9 Å². The van der Waals surface area contributed by atoms with Gasteiger partial charge in [-0.1, -0.05) is 20.3 Å². The Kier molecular flexibility index (Phi) is 4.17. The number of benzene rings is 1. The first-order valence-corrected chi connectivity index (χ1v) is 7.36. The lowest BCUT2D eigenvalue weighted by atomic mass is 10.0. The van der Waals surface area contributed by atoms with Gasteiger partial charge in [-0.25, -0.2) is 4.79 Å². The highest BCUT2D eigenvalue weighted by Crippen LogP contribution is 2.30. The lowest BCUT2D eigenvalue weighted by Gasteiger charge is -2.10. The Bertz CT molecular complexity index is 653. The van der Waals surface area contributed by atoms with Crippen LogP contribution in [0.2, 0.25) is 0 Å². The first-order valence-electron chi connectivity index (χ1n) is 7.36.